The fourth-order valence-corrected chi connectivity index (χ4v) is 2.00. The third-order valence-electron chi connectivity index (χ3n) is 2.24. The third kappa shape index (κ3) is 0.700. The maximum absolute atomic E-state index is 3.84. The summed E-state index contributed by atoms with van der Waals surface area (Å²) in [6.07, 6.45) is 0. The van der Waals surface area contributed by atoms with E-state index in [0.29, 0.717) is 5.41 Å². The lowest BCUT2D eigenvalue weighted by molar-refractivity contribution is -0.0764. The van der Waals surface area contributed by atoms with E-state index in [-0.39, 0.29) is 0 Å². The lowest BCUT2D eigenvalue weighted by atomic mass is 9.74. The van der Waals surface area contributed by atoms with E-state index in [4.69, 9.17) is 0 Å². The SMILES string of the molecule is [CH2-]N1CC2(C1)CN([CH2-])C2. The van der Waals surface area contributed by atoms with Gasteiger partial charge in [0.15, 0.2) is 0 Å². The van der Waals surface area contributed by atoms with Crippen molar-refractivity contribution in [3.63, 3.8) is 0 Å². The molecule has 0 unspecified atom stereocenters. The minimum Gasteiger partial charge on any atom is -0.458 e. The zero-order valence-corrected chi connectivity index (χ0v) is 5.64. The number of nitrogens with zero attached hydrogens (tertiary/aromatic N) is 2. The molecule has 0 atom stereocenters. The molecule has 2 saturated heterocycles. The molecule has 0 aliphatic carbocycles. The van der Waals surface area contributed by atoms with E-state index in [9.17, 15) is 0 Å². The predicted molar refractivity (Wildman–Crippen MR) is 36.3 cm³/mol. The molecule has 1 spiro atoms. The fourth-order valence-electron chi connectivity index (χ4n) is 2.00. The van der Waals surface area contributed by atoms with Gasteiger partial charge in [-0.25, -0.2) is 0 Å². The highest BCUT2D eigenvalue weighted by Crippen LogP contribution is 2.38. The highest BCUT2D eigenvalue weighted by Gasteiger charge is 2.43. The van der Waals surface area contributed by atoms with Gasteiger partial charge in [0.25, 0.3) is 0 Å². The molecule has 2 fully saturated rings. The number of likely N-dealkylation sites (tertiary alicyclic amines) is 2. The van der Waals surface area contributed by atoms with Gasteiger partial charge in [-0.3, -0.25) is 14.1 Å². The molecular formula is C7H12N2-2. The van der Waals surface area contributed by atoms with Crippen molar-refractivity contribution in [1.29, 1.82) is 0 Å². The first kappa shape index (κ1) is 5.69. The number of hydrogen-bond acceptors (Lipinski definition) is 2. The zero-order valence-electron chi connectivity index (χ0n) is 5.64. The van der Waals surface area contributed by atoms with Gasteiger partial charge in [0.05, 0.1) is 0 Å². The van der Waals surface area contributed by atoms with E-state index in [0.717, 1.165) is 0 Å². The van der Waals surface area contributed by atoms with Crippen LogP contribution in [0.2, 0.25) is 0 Å². The van der Waals surface area contributed by atoms with Crippen LogP contribution in [0.4, 0.5) is 0 Å². The second-order valence-electron chi connectivity index (χ2n) is 3.47. The van der Waals surface area contributed by atoms with Gasteiger partial charge in [-0.2, -0.15) is 0 Å². The quantitative estimate of drug-likeness (QED) is 0.425. The predicted octanol–water partition coefficient (Wildman–Crippen LogP) is 0.187. The Morgan fingerprint density at radius 2 is 1.22 bits per heavy atom. The van der Waals surface area contributed by atoms with Gasteiger partial charge in [-0.05, 0) is 26.2 Å². The van der Waals surface area contributed by atoms with Crippen LogP contribution in [0.1, 0.15) is 0 Å². The lowest BCUT2D eigenvalue weighted by Crippen LogP contribution is -2.69. The fraction of sp³-hybridized carbons (Fsp3) is 0.714. The van der Waals surface area contributed by atoms with Crippen LogP contribution in [-0.2, 0) is 0 Å². The Bertz CT molecular complexity index is 101. The Labute approximate surface area is 56.4 Å². The molecule has 0 aromatic carbocycles. The highest BCUT2D eigenvalue weighted by molar-refractivity contribution is 5.05. The summed E-state index contributed by atoms with van der Waals surface area (Å²) in [4.78, 5) is 4.24. The van der Waals surface area contributed by atoms with Crippen molar-refractivity contribution >= 4 is 0 Å². The van der Waals surface area contributed by atoms with Gasteiger partial charge in [-0.15, -0.1) is 0 Å². The van der Waals surface area contributed by atoms with Gasteiger partial charge in [-0.1, -0.05) is 0 Å². The molecule has 0 aromatic rings. The van der Waals surface area contributed by atoms with E-state index in [2.05, 4.69) is 23.9 Å². The van der Waals surface area contributed by atoms with Crippen molar-refractivity contribution in [1.82, 2.24) is 9.80 Å². The smallest absolute Gasteiger partial charge is 0.0115 e. The minimum absolute atomic E-state index is 0.615. The highest BCUT2D eigenvalue weighted by atomic mass is 15.3. The van der Waals surface area contributed by atoms with Crippen molar-refractivity contribution in [3.8, 4) is 0 Å². The summed E-state index contributed by atoms with van der Waals surface area (Å²) in [5.41, 5.74) is 0.615. The van der Waals surface area contributed by atoms with Crippen LogP contribution in [0, 0.1) is 19.5 Å². The molecule has 2 nitrogen and oxygen atoms in total. The standard InChI is InChI=1S/C7H12N2/c1-8-3-7(4-8)5-9(2)6-7/h1-6H2/q-2. The molecule has 52 valence electrons. The van der Waals surface area contributed by atoms with Crippen molar-refractivity contribution in [2.24, 2.45) is 5.41 Å². The number of rotatable bonds is 0. The summed E-state index contributed by atoms with van der Waals surface area (Å²) in [5.74, 6) is 0. The Morgan fingerprint density at radius 3 is 1.44 bits per heavy atom. The van der Waals surface area contributed by atoms with Crippen molar-refractivity contribution in [3.05, 3.63) is 14.1 Å². The lowest BCUT2D eigenvalue weighted by Gasteiger charge is -2.65. The molecule has 0 bridgehead atoms. The number of hydrogen-bond donors (Lipinski definition) is 0. The van der Waals surface area contributed by atoms with Crippen LogP contribution < -0.4 is 0 Å². The van der Waals surface area contributed by atoms with Crippen LogP contribution in [0.15, 0.2) is 0 Å². The molecule has 2 heteroatoms. The van der Waals surface area contributed by atoms with Crippen LogP contribution in [0.3, 0.4) is 0 Å². The Kier molecular flexibility index (Phi) is 0.945. The molecule has 2 rings (SSSR count). The Balaban J connectivity index is 1.87. The van der Waals surface area contributed by atoms with Crippen molar-refractivity contribution in [2.75, 3.05) is 26.2 Å². The summed E-state index contributed by atoms with van der Waals surface area (Å²) in [5, 5.41) is 0. The summed E-state index contributed by atoms with van der Waals surface area (Å²) in [6, 6.07) is 0. The Morgan fingerprint density at radius 1 is 0.889 bits per heavy atom. The normalized spacial score (nSPS) is 34.0. The summed E-state index contributed by atoms with van der Waals surface area (Å²) in [6.45, 7) is 4.72. The third-order valence-corrected chi connectivity index (χ3v) is 2.24. The molecule has 2 aliphatic rings. The van der Waals surface area contributed by atoms with Crippen LogP contribution in [-0.4, -0.2) is 36.0 Å². The molecule has 2 aliphatic heterocycles. The topological polar surface area (TPSA) is 6.48 Å². The molecule has 0 amide bonds. The van der Waals surface area contributed by atoms with Gasteiger partial charge >= 0.3 is 0 Å². The van der Waals surface area contributed by atoms with Gasteiger partial charge in [0, 0.05) is 5.41 Å². The van der Waals surface area contributed by atoms with Crippen LogP contribution >= 0.6 is 0 Å². The van der Waals surface area contributed by atoms with Crippen molar-refractivity contribution in [2.45, 2.75) is 0 Å². The Hall–Kier alpha value is -0.0800. The first-order valence-electron chi connectivity index (χ1n) is 3.31. The molecular weight excluding hydrogens is 112 g/mol. The second kappa shape index (κ2) is 1.50. The molecule has 0 saturated carbocycles. The average molecular weight is 124 g/mol. The van der Waals surface area contributed by atoms with Crippen LogP contribution in [0.5, 0.6) is 0 Å². The minimum atomic E-state index is 0.615. The van der Waals surface area contributed by atoms with Gasteiger partial charge in [0.1, 0.15) is 0 Å². The van der Waals surface area contributed by atoms with Gasteiger partial charge < -0.3 is 9.80 Å². The summed E-state index contributed by atoms with van der Waals surface area (Å²) in [7, 11) is 7.68. The van der Waals surface area contributed by atoms with E-state index in [1.54, 1.807) is 0 Å². The van der Waals surface area contributed by atoms with E-state index in [1.807, 2.05) is 0 Å². The first-order chi connectivity index (χ1) is 4.20. The molecule has 0 aromatic heterocycles. The zero-order chi connectivity index (χ0) is 6.48. The van der Waals surface area contributed by atoms with Crippen molar-refractivity contribution < 1.29 is 0 Å². The molecule has 0 N–H and O–H groups in total. The largest absolute Gasteiger partial charge is 0.458 e. The average Bonchev–Trinajstić information content (AvgIpc) is 1.58. The van der Waals surface area contributed by atoms with Crippen LogP contribution in [0.25, 0.3) is 0 Å². The van der Waals surface area contributed by atoms with Gasteiger partial charge in [0.2, 0.25) is 0 Å². The van der Waals surface area contributed by atoms with E-state index in [1.165, 1.54) is 26.2 Å². The first-order valence-corrected chi connectivity index (χ1v) is 3.31. The molecule has 0 radical (unpaired) electrons. The van der Waals surface area contributed by atoms with E-state index < -0.39 is 0 Å². The monoisotopic (exact) mass is 124 g/mol. The maximum Gasteiger partial charge on any atom is 0.0115 e. The second-order valence-corrected chi connectivity index (χ2v) is 3.47. The summed E-state index contributed by atoms with van der Waals surface area (Å²) < 4.78 is 0. The molecule has 9 heavy (non-hydrogen) atoms. The van der Waals surface area contributed by atoms with E-state index >= 15 is 0 Å². The molecule has 2 heterocycles. The summed E-state index contributed by atoms with van der Waals surface area (Å²) >= 11 is 0. The maximum atomic E-state index is 3.84.